The first-order valence-electron chi connectivity index (χ1n) is 9.51. The second-order valence-electron chi connectivity index (χ2n) is 7.07. The number of hydrazine groups is 1. The summed E-state index contributed by atoms with van der Waals surface area (Å²) in [4.78, 5) is 38.2. The van der Waals surface area contributed by atoms with Crippen molar-refractivity contribution >= 4 is 40.8 Å². The number of hydrogen-bond donors (Lipinski definition) is 1. The lowest BCUT2D eigenvalue weighted by atomic mass is 10.1. The van der Waals surface area contributed by atoms with E-state index >= 15 is 0 Å². The Kier molecular flexibility index (Phi) is 6.92. The summed E-state index contributed by atoms with van der Waals surface area (Å²) >= 11 is 5.59. The average molecular weight is 427 g/mol. The third-order valence-electron chi connectivity index (χ3n) is 4.97. The number of alkyl halides is 1. The Labute approximate surface area is 173 Å². The summed E-state index contributed by atoms with van der Waals surface area (Å²) in [6.45, 7) is 3.59. The fraction of sp³-hybridized carbons (Fsp3) is 0.526. The summed E-state index contributed by atoms with van der Waals surface area (Å²) in [6.07, 6.45) is -0.127. The number of halogens is 2. The van der Waals surface area contributed by atoms with E-state index in [-0.39, 0.29) is 30.2 Å². The van der Waals surface area contributed by atoms with E-state index in [4.69, 9.17) is 16.3 Å². The lowest BCUT2D eigenvalue weighted by molar-refractivity contribution is -0.131. The zero-order valence-electron chi connectivity index (χ0n) is 16.2. The van der Waals surface area contributed by atoms with Gasteiger partial charge in [0.1, 0.15) is 23.6 Å². The monoisotopic (exact) mass is 426 g/mol. The van der Waals surface area contributed by atoms with Crippen molar-refractivity contribution in [1.29, 1.82) is 0 Å². The molecule has 2 amide bonds. The van der Waals surface area contributed by atoms with E-state index in [1.54, 1.807) is 12.1 Å². The van der Waals surface area contributed by atoms with Crippen molar-refractivity contribution in [2.24, 2.45) is 0 Å². The number of anilines is 2. The fourth-order valence-corrected chi connectivity index (χ4v) is 3.57. The lowest BCUT2D eigenvalue weighted by Crippen LogP contribution is -2.44. The van der Waals surface area contributed by atoms with Crippen molar-refractivity contribution in [3.63, 3.8) is 0 Å². The van der Waals surface area contributed by atoms with E-state index in [0.29, 0.717) is 50.4 Å². The number of hydrogen-bond acceptors (Lipinski definition) is 6. The maximum Gasteiger partial charge on any atom is 0.414 e. The molecule has 0 aromatic heterocycles. The van der Waals surface area contributed by atoms with E-state index in [1.807, 2.05) is 4.90 Å². The summed E-state index contributed by atoms with van der Waals surface area (Å²) in [6, 6.07) is 4.61. The second kappa shape index (κ2) is 9.41. The lowest BCUT2D eigenvalue weighted by Gasteiger charge is -2.24. The maximum atomic E-state index is 14.8. The van der Waals surface area contributed by atoms with E-state index in [1.165, 1.54) is 22.9 Å². The molecule has 0 aliphatic carbocycles. The molecule has 29 heavy (non-hydrogen) atoms. The van der Waals surface area contributed by atoms with Crippen LogP contribution in [0.2, 0.25) is 0 Å². The summed E-state index contributed by atoms with van der Waals surface area (Å²) in [7, 11) is 0. The standard InChI is InChI=1S/C19H24ClFN4O4/c1-13(26)2-4-15-12-24(19(28)29-15)14-3-5-17(16(21)10-14)23-7-6-22-25(9-8-23)18(27)11-20/h3,5,10,15,22H,2,4,6-9,11-12H2,1H3/t15-/m0/s1. The van der Waals surface area contributed by atoms with E-state index in [9.17, 15) is 18.8 Å². The Morgan fingerprint density at radius 1 is 1.31 bits per heavy atom. The Morgan fingerprint density at radius 2 is 2.10 bits per heavy atom. The van der Waals surface area contributed by atoms with Gasteiger partial charge in [-0.1, -0.05) is 0 Å². The fourth-order valence-electron chi connectivity index (χ4n) is 3.42. The highest BCUT2D eigenvalue weighted by atomic mass is 35.5. The number of nitrogens with zero attached hydrogens (tertiary/aromatic N) is 3. The van der Waals surface area contributed by atoms with Gasteiger partial charge < -0.3 is 14.4 Å². The molecule has 2 heterocycles. The van der Waals surface area contributed by atoms with Gasteiger partial charge in [-0.15, -0.1) is 11.6 Å². The Bertz CT molecular complexity index is 793. The molecule has 0 saturated carbocycles. The highest BCUT2D eigenvalue weighted by molar-refractivity contribution is 6.27. The number of Topliss-reactive ketones (excluding diaryl/α,β-unsaturated/α-hetero) is 1. The topological polar surface area (TPSA) is 82.2 Å². The number of carbonyl (C=O) groups excluding carboxylic acids is 3. The minimum Gasteiger partial charge on any atom is -0.444 e. The van der Waals surface area contributed by atoms with Crippen LogP contribution in [0.15, 0.2) is 18.2 Å². The first-order valence-corrected chi connectivity index (χ1v) is 10.0. The van der Waals surface area contributed by atoms with Gasteiger partial charge in [-0.2, -0.15) is 0 Å². The van der Waals surface area contributed by atoms with E-state index < -0.39 is 11.9 Å². The Balaban J connectivity index is 1.66. The molecule has 1 N–H and O–H groups in total. The molecule has 158 valence electrons. The van der Waals surface area contributed by atoms with Crippen LogP contribution in [0.5, 0.6) is 0 Å². The molecule has 8 nitrogen and oxygen atoms in total. The predicted octanol–water partition coefficient (Wildman–Crippen LogP) is 1.91. The number of carbonyl (C=O) groups is 3. The van der Waals surface area contributed by atoms with Crippen LogP contribution < -0.4 is 15.2 Å². The maximum absolute atomic E-state index is 14.8. The highest BCUT2D eigenvalue weighted by Crippen LogP contribution is 2.29. The Morgan fingerprint density at radius 3 is 2.79 bits per heavy atom. The summed E-state index contributed by atoms with van der Waals surface area (Å²) < 4.78 is 20.1. The number of rotatable bonds is 6. The number of ketones is 1. The largest absolute Gasteiger partial charge is 0.444 e. The molecule has 0 bridgehead atoms. The van der Waals surface area contributed by atoms with Crippen molar-refractivity contribution in [1.82, 2.24) is 10.4 Å². The highest BCUT2D eigenvalue weighted by Gasteiger charge is 2.33. The molecule has 3 rings (SSSR count). The van der Waals surface area contributed by atoms with Gasteiger partial charge in [0.25, 0.3) is 5.91 Å². The SMILES string of the molecule is CC(=O)CC[C@H]1CN(c2ccc(N3CCNN(C(=O)CCl)CC3)c(F)c2)C(=O)O1. The van der Waals surface area contributed by atoms with Gasteiger partial charge >= 0.3 is 6.09 Å². The van der Waals surface area contributed by atoms with Gasteiger partial charge in [0, 0.05) is 26.1 Å². The molecule has 2 aliphatic heterocycles. The molecule has 1 atom stereocenters. The molecule has 0 spiro atoms. The number of ether oxygens (including phenoxy) is 1. The van der Waals surface area contributed by atoms with E-state index in [2.05, 4.69) is 5.43 Å². The second-order valence-corrected chi connectivity index (χ2v) is 7.33. The third kappa shape index (κ3) is 5.16. The molecule has 0 unspecified atom stereocenters. The molecule has 1 aromatic rings. The smallest absolute Gasteiger partial charge is 0.414 e. The van der Waals surface area contributed by atoms with Gasteiger partial charge in [-0.3, -0.25) is 14.7 Å². The minimum absolute atomic E-state index is 0.0353. The molecule has 10 heteroatoms. The number of cyclic esters (lactones) is 1. The molecular weight excluding hydrogens is 403 g/mol. The quantitative estimate of drug-likeness (QED) is 0.700. The number of benzene rings is 1. The molecular formula is C19H24ClFN4O4. The summed E-state index contributed by atoms with van der Waals surface area (Å²) in [5.74, 6) is -0.765. The first-order chi connectivity index (χ1) is 13.9. The van der Waals surface area contributed by atoms with Crippen molar-refractivity contribution in [3.05, 3.63) is 24.0 Å². The molecule has 1 aromatic carbocycles. The summed E-state index contributed by atoms with van der Waals surface area (Å²) in [5, 5.41) is 1.45. The summed E-state index contributed by atoms with van der Waals surface area (Å²) in [5.41, 5.74) is 3.79. The van der Waals surface area contributed by atoms with Gasteiger partial charge in [0.15, 0.2) is 0 Å². The van der Waals surface area contributed by atoms with Crippen LogP contribution in [0.25, 0.3) is 0 Å². The molecule has 2 saturated heterocycles. The van der Waals surface area contributed by atoms with Gasteiger partial charge in [-0.05, 0) is 31.5 Å². The zero-order chi connectivity index (χ0) is 21.0. The van der Waals surface area contributed by atoms with Crippen molar-refractivity contribution in [2.75, 3.05) is 48.4 Å². The minimum atomic E-state index is -0.542. The van der Waals surface area contributed by atoms with Crippen LogP contribution in [0, 0.1) is 5.82 Å². The zero-order valence-corrected chi connectivity index (χ0v) is 17.0. The first kappa shape index (κ1) is 21.3. The van der Waals surface area contributed by atoms with Crippen molar-refractivity contribution < 1.29 is 23.5 Å². The third-order valence-corrected chi connectivity index (χ3v) is 5.20. The Hall–Kier alpha value is -2.39. The van der Waals surface area contributed by atoms with Crippen molar-refractivity contribution in [2.45, 2.75) is 25.9 Å². The van der Waals surface area contributed by atoms with Gasteiger partial charge in [0.05, 0.1) is 24.5 Å². The normalized spacial score (nSPS) is 19.9. The van der Waals surface area contributed by atoms with Gasteiger partial charge in [-0.25, -0.2) is 14.6 Å². The van der Waals surface area contributed by atoms with Crippen LogP contribution in [0.4, 0.5) is 20.6 Å². The molecule has 0 radical (unpaired) electrons. The number of amides is 2. The van der Waals surface area contributed by atoms with Crippen LogP contribution in [0.1, 0.15) is 19.8 Å². The van der Waals surface area contributed by atoms with Crippen LogP contribution in [0.3, 0.4) is 0 Å². The van der Waals surface area contributed by atoms with Crippen molar-refractivity contribution in [3.8, 4) is 0 Å². The van der Waals surface area contributed by atoms with Crippen LogP contribution in [-0.4, -0.2) is 67.5 Å². The molecule has 2 aliphatic rings. The average Bonchev–Trinajstić information content (AvgIpc) is 2.90. The van der Waals surface area contributed by atoms with Crippen LogP contribution >= 0.6 is 11.6 Å². The number of nitrogens with one attached hydrogen (secondary N) is 1. The van der Waals surface area contributed by atoms with Gasteiger partial charge in [0.2, 0.25) is 0 Å². The van der Waals surface area contributed by atoms with E-state index in [0.717, 1.165) is 0 Å². The molecule has 2 fully saturated rings. The predicted molar refractivity (Wildman–Crippen MR) is 107 cm³/mol. The van der Waals surface area contributed by atoms with Crippen LogP contribution in [-0.2, 0) is 14.3 Å².